The van der Waals surface area contributed by atoms with Gasteiger partial charge in [0.25, 0.3) is 0 Å². The molecule has 0 spiro atoms. The Morgan fingerprint density at radius 2 is 1.76 bits per heavy atom. The van der Waals surface area contributed by atoms with Crippen molar-refractivity contribution in [2.75, 3.05) is 13.1 Å². The molecule has 0 aromatic heterocycles. The predicted octanol–water partition coefficient (Wildman–Crippen LogP) is 2.11. The van der Waals surface area contributed by atoms with Gasteiger partial charge >= 0.3 is 6.18 Å². The third-order valence-corrected chi connectivity index (χ3v) is 3.09. The lowest BCUT2D eigenvalue weighted by Crippen LogP contribution is -2.43. The Morgan fingerprint density at radius 1 is 1.12 bits per heavy atom. The van der Waals surface area contributed by atoms with Crippen LogP contribution in [0.1, 0.15) is 23.5 Å². The van der Waals surface area contributed by atoms with E-state index in [4.69, 9.17) is 5.73 Å². The van der Waals surface area contributed by atoms with E-state index < -0.39 is 11.7 Å². The van der Waals surface area contributed by atoms with Crippen LogP contribution >= 0.6 is 0 Å². The van der Waals surface area contributed by atoms with Crippen LogP contribution in [0.3, 0.4) is 0 Å². The molecule has 0 bridgehead atoms. The van der Waals surface area contributed by atoms with Crippen LogP contribution in [0.2, 0.25) is 0 Å². The minimum absolute atomic E-state index is 0.0797. The second-order valence-electron chi connectivity index (χ2n) is 4.47. The van der Waals surface area contributed by atoms with Gasteiger partial charge in [-0.1, -0.05) is 12.1 Å². The van der Waals surface area contributed by atoms with Gasteiger partial charge in [-0.25, -0.2) is 0 Å². The fourth-order valence-electron chi connectivity index (χ4n) is 2.17. The highest BCUT2D eigenvalue weighted by Gasteiger charge is 2.30. The molecule has 1 saturated heterocycles. The molecule has 1 aromatic carbocycles. The molecule has 0 radical (unpaired) electrons. The van der Waals surface area contributed by atoms with Crippen LogP contribution in [-0.2, 0) is 6.18 Å². The fourth-order valence-corrected chi connectivity index (χ4v) is 2.17. The van der Waals surface area contributed by atoms with Crippen molar-refractivity contribution in [3.63, 3.8) is 0 Å². The first kappa shape index (κ1) is 12.4. The monoisotopic (exact) mass is 244 g/mol. The zero-order chi connectivity index (χ0) is 12.5. The van der Waals surface area contributed by atoms with E-state index >= 15 is 0 Å². The number of hydrogen-bond acceptors (Lipinski definition) is 2. The fraction of sp³-hybridized carbons (Fsp3) is 0.500. The summed E-state index contributed by atoms with van der Waals surface area (Å²) in [6.45, 7) is 1.55. The quantitative estimate of drug-likeness (QED) is 0.794. The minimum Gasteiger partial charge on any atom is -0.327 e. The molecule has 0 saturated carbocycles. The van der Waals surface area contributed by atoms with Gasteiger partial charge in [-0.15, -0.1) is 0 Å². The van der Waals surface area contributed by atoms with Gasteiger partial charge in [-0.2, -0.15) is 13.2 Å². The third-order valence-electron chi connectivity index (χ3n) is 3.09. The third kappa shape index (κ3) is 2.98. The number of hydrogen-bond donors (Lipinski definition) is 2. The number of halogens is 3. The molecule has 2 rings (SSSR count). The molecule has 1 aromatic rings. The Labute approximate surface area is 98.0 Å². The number of nitrogens with two attached hydrogens (primary N) is 1. The van der Waals surface area contributed by atoms with Crippen molar-refractivity contribution in [3.05, 3.63) is 35.4 Å². The smallest absolute Gasteiger partial charge is 0.327 e. The summed E-state index contributed by atoms with van der Waals surface area (Å²) in [5, 5.41) is 3.18. The van der Waals surface area contributed by atoms with E-state index in [1.807, 2.05) is 0 Å². The second-order valence-corrected chi connectivity index (χ2v) is 4.47. The molecule has 1 aliphatic heterocycles. The number of rotatable bonds is 1. The molecule has 2 unspecified atom stereocenters. The summed E-state index contributed by atoms with van der Waals surface area (Å²) in [7, 11) is 0. The Balaban J connectivity index is 2.12. The molecule has 0 aliphatic carbocycles. The Morgan fingerprint density at radius 3 is 2.29 bits per heavy atom. The largest absolute Gasteiger partial charge is 0.416 e. The summed E-state index contributed by atoms with van der Waals surface area (Å²) in [6.07, 6.45) is -3.45. The maximum atomic E-state index is 12.4. The van der Waals surface area contributed by atoms with Gasteiger partial charge in [0.1, 0.15) is 0 Å². The highest BCUT2D eigenvalue weighted by molar-refractivity contribution is 5.27. The molecular formula is C12H15F3N2. The van der Waals surface area contributed by atoms with Crippen LogP contribution < -0.4 is 11.1 Å². The molecule has 5 heteroatoms. The van der Waals surface area contributed by atoms with Crippen LogP contribution in [0.4, 0.5) is 13.2 Å². The van der Waals surface area contributed by atoms with E-state index in [9.17, 15) is 13.2 Å². The number of nitrogens with one attached hydrogen (secondary N) is 1. The Hall–Kier alpha value is -1.07. The molecule has 1 heterocycles. The van der Waals surface area contributed by atoms with Crippen LogP contribution in [0, 0.1) is 0 Å². The molecule has 2 nitrogen and oxygen atoms in total. The number of alkyl halides is 3. The zero-order valence-corrected chi connectivity index (χ0v) is 9.30. The van der Waals surface area contributed by atoms with Crippen molar-refractivity contribution in [3.8, 4) is 0 Å². The van der Waals surface area contributed by atoms with Crippen molar-refractivity contribution in [2.24, 2.45) is 5.73 Å². The first-order valence-electron chi connectivity index (χ1n) is 5.60. The summed E-state index contributed by atoms with van der Waals surface area (Å²) in [6, 6.07) is 5.45. The number of piperidine rings is 1. The summed E-state index contributed by atoms with van der Waals surface area (Å²) < 4.78 is 37.2. The molecule has 3 N–H and O–H groups in total. The summed E-state index contributed by atoms with van der Waals surface area (Å²) in [5.41, 5.74) is 6.13. The van der Waals surface area contributed by atoms with Gasteiger partial charge in [-0.3, -0.25) is 0 Å². The molecule has 94 valence electrons. The van der Waals surface area contributed by atoms with Crippen molar-refractivity contribution in [1.82, 2.24) is 5.32 Å². The first-order valence-corrected chi connectivity index (χ1v) is 5.60. The average molecular weight is 244 g/mol. The Kier molecular flexibility index (Phi) is 3.40. The van der Waals surface area contributed by atoms with Gasteiger partial charge in [0.2, 0.25) is 0 Å². The van der Waals surface area contributed by atoms with Crippen molar-refractivity contribution in [2.45, 2.75) is 24.6 Å². The van der Waals surface area contributed by atoms with E-state index in [0.717, 1.165) is 37.2 Å². The predicted molar refractivity (Wildman–Crippen MR) is 59.6 cm³/mol. The van der Waals surface area contributed by atoms with Gasteiger partial charge < -0.3 is 11.1 Å². The van der Waals surface area contributed by atoms with Crippen molar-refractivity contribution >= 4 is 0 Å². The van der Waals surface area contributed by atoms with E-state index in [-0.39, 0.29) is 12.0 Å². The van der Waals surface area contributed by atoms with Crippen molar-refractivity contribution in [1.29, 1.82) is 0 Å². The second kappa shape index (κ2) is 4.66. The molecular weight excluding hydrogens is 229 g/mol. The molecule has 0 amide bonds. The summed E-state index contributed by atoms with van der Waals surface area (Å²) in [4.78, 5) is 0. The van der Waals surface area contributed by atoms with Crippen molar-refractivity contribution < 1.29 is 13.2 Å². The number of benzene rings is 1. The van der Waals surface area contributed by atoms with Crippen LogP contribution in [0.25, 0.3) is 0 Å². The van der Waals surface area contributed by atoms with Gasteiger partial charge in [-0.05, 0) is 30.0 Å². The first-order chi connectivity index (χ1) is 7.97. The topological polar surface area (TPSA) is 38.0 Å². The van der Waals surface area contributed by atoms with E-state index in [1.165, 1.54) is 0 Å². The standard InChI is InChI=1S/C12H15F3N2/c13-12(14,15)10-3-1-8(2-4-10)9-5-11(16)7-17-6-9/h1-4,9,11,17H,5-7,16H2. The maximum Gasteiger partial charge on any atom is 0.416 e. The van der Waals surface area contributed by atoms with Gasteiger partial charge in [0.05, 0.1) is 5.56 Å². The highest BCUT2D eigenvalue weighted by Crippen LogP contribution is 2.31. The SMILES string of the molecule is NC1CNCC(c2ccc(C(F)(F)F)cc2)C1. The summed E-state index contributed by atoms with van der Waals surface area (Å²) >= 11 is 0. The Bertz CT molecular complexity index is 372. The lowest BCUT2D eigenvalue weighted by molar-refractivity contribution is -0.137. The van der Waals surface area contributed by atoms with E-state index in [2.05, 4.69) is 5.32 Å². The van der Waals surface area contributed by atoms with Crippen LogP contribution in [0.15, 0.2) is 24.3 Å². The highest BCUT2D eigenvalue weighted by atomic mass is 19.4. The molecule has 2 atom stereocenters. The maximum absolute atomic E-state index is 12.4. The summed E-state index contributed by atoms with van der Waals surface area (Å²) in [5.74, 6) is 0.209. The molecule has 1 fully saturated rings. The lowest BCUT2D eigenvalue weighted by atomic mass is 9.89. The van der Waals surface area contributed by atoms with Gasteiger partial charge in [0.15, 0.2) is 0 Å². The van der Waals surface area contributed by atoms with E-state index in [1.54, 1.807) is 12.1 Å². The van der Waals surface area contributed by atoms with E-state index in [0.29, 0.717) is 0 Å². The van der Waals surface area contributed by atoms with Gasteiger partial charge in [0, 0.05) is 19.1 Å². The zero-order valence-electron chi connectivity index (χ0n) is 9.30. The minimum atomic E-state index is -4.26. The normalized spacial score (nSPS) is 25.9. The van der Waals surface area contributed by atoms with Crippen LogP contribution in [-0.4, -0.2) is 19.1 Å². The average Bonchev–Trinajstić information content (AvgIpc) is 2.28. The molecule has 17 heavy (non-hydrogen) atoms. The molecule has 1 aliphatic rings. The van der Waals surface area contributed by atoms with Crippen LogP contribution in [0.5, 0.6) is 0 Å². The lowest BCUT2D eigenvalue weighted by Gasteiger charge is -2.28.